The molecular formula is C27H20N2O5. The number of para-hydroxylation sites is 1. The number of hydrogen-bond donors (Lipinski definition) is 1. The van der Waals surface area contributed by atoms with Gasteiger partial charge in [0, 0.05) is 5.39 Å². The van der Waals surface area contributed by atoms with Gasteiger partial charge in [0.15, 0.2) is 12.4 Å². The molecule has 0 unspecified atom stereocenters. The van der Waals surface area contributed by atoms with Gasteiger partial charge in [-0.1, -0.05) is 48.5 Å². The first-order valence-corrected chi connectivity index (χ1v) is 10.8. The lowest BCUT2D eigenvalue weighted by Gasteiger charge is -2.12. The van der Waals surface area contributed by atoms with E-state index in [9.17, 15) is 14.4 Å². The molecule has 168 valence electrons. The number of ether oxygens (including phenoxy) is 1. The van der Waals surface area contributed by atoms with E-state index in [2.05, 4.69) is 11.4 Å². The fraction of sp³-hybridized carbons (Fsp3) is 0.111. The van der Waals surface area contributed by atoms with Crippen molar-refractivity contribution in [2.45, 2.75) is 12.8 Å². The molecular weight excluding hydrogens is 432 g/mol. The molecule has 0 bridgehead atoms. The van der Waals surface area contributed by atoms with E-state index in [-0.39, 0.29) is 5.76 Å². The molecule has 0 fully saturated rings. The summed E-state index contributed by atoms with van der Waals surface area (Å²) < 4.78 is 10.3. The maximum atomic E-state index is 13.1. The Morgan fingerprint density at radius 2 is 1.76 bits per heavy atom. The molecule has 0 saturated heterocycles. The Morgan fingerprint density at radius 1 is 0.971 bits per heavy atom. The van der Waals surface area contributed by atoms with Crippen LogP contribution in [-0.4, -0.2) is 29.4 Å². The third-order valence-electron chi connectivity index (χ3n) is 5.62. The Labute approximate surface area is 195 Å². The molecule has 0 atom stereocenters. The van der Waals surface area contributed by atoms with E-state index in [0.29, 0.717) is 22.9 Å². The highest BCUT2D eigenvalue weighted by Crippen LogP contribution is 2.37. The number of rotatable bonds is 5. The fourth-order valence-electron chi connectivity index (χ4n) is 4.10. The molecule has 1 aliphatic rings. The zero-order valence-corrected chi connectivity index (χ0v) is 18.1. The summed E-state index contributed by atoms with van der Waals surface area (Å²) in [7, 11) is 0. The third kappa shape index (κ3) is 4.23. The third-order valence-corrected chi connectivity index (χ3v) is 5.62. The lowest BCUT2D eigenvalue weighted by Crippen LogP contribution is -2.34. The number of nitrogens with one attached hydrogen (secondary N) is 1. The minimum atomic E-state index is -0.741. The monoisotopic (exact) mass is 452 g/mol. The van der Waals surface area contributed by atoms with E-state index in [1.54, 1.807) is 0 Å². The largest absolute Gasteiger partial charge is 0.459 e. The molecule has 7 heteroatoms. The number of carbonyl (C=O) groups is 3. The van der Waals surface area contributed by atoms with Crippen LogP contribution in [0.2, 0.25) is 0 Å². The number of imide groups is 1. The summed E-state index contributed by atoms with van der Waals surface area (Å²) in [6, 6.07) is 20.3. The summed E-state index contributed by atoms with van der Waals surface area (Å²) in [4.78, 5) is 42.1. The van der Waals surface area contributed by atoms with E-state index in [1.165, 1.54) is 18.4 Å². The van der Waals surface area contributed by atoms with E-state index < -0.39 is 24.4 Å². The van der Waals surface area contributed by atoms with E-state index in [0.717, 1.165) is 28.8 Å². The Hall–Kier alpha value is -4.52. The molecule has 0 saturated carbocycles. The highest BCUT2D eigenvalue weighted by molar-refractivity contribution is 6.08. The van der Waals surface area contributed by atoms with Crippen molar-refractivity contribution in [3.8, 4) is 0 Å². The van der Waals surface area contributed by atoms with Crippen LogP contribution in [0.1, 0.15) is 44.2 Å². The molecule has 0 spiro atoms. The zero-order chi connectivity index (χ0) is 23.5. The Balaban J connectivity index is 1.42. The van der Waals surface area contributed by atoms with Crippen molar-refractivity contribution >= 4 is 40.3 Å². The lowest BCUT2D eigenvalue weighted by molar-refractivity contribution is -0.123. The molecule has 34 heavy (non-hydrogen) atoms. The number of hydrogen-bond acceptors (Lipinski definition) is 6. The van der Waals surface area contributed by atoms with Gasteiger partial charge >= 0.3 is 5.97 Å². The summed E-state index contributed by atoms with van der Waals surface area (Å²) in [5.74, 6) is -2.07. The van der Waals surface area contributed by atoms with E-state index in [1.807, 2.05) is 54.6 Å². The van der Waals surface area contributed by atoms with Crippen molar-refractivity contribution in [1.29, 1.82) is 0 Å². The predicted molar refractivity (Wildman–Crippen MR) is 126 cm³/mol. The summed E-state index contributed by atoms with van der Waals surface area (Å²) in [6.45, 7) is -0.594. The van der Waals surface area contributed by atoms with Crippen molar-refractivity contribution in [1.82, 2.24) is 10.3 Å². The average molecular weight is 452 g/mol. The standard InChI is InChI=1S/C27H20N2O5/c30-23(29-26(31)22-11-6-14-33-22)16-34-27(32)24-19-9-4-5-10-21(19)28-25-18(12-13-20(24)25)15-17-7-2-1-3-8-17/h1-11,14-15H,12-13,16H2,(H,29,30,31)/b18-15+. The second-order valence-corrected chi connectivity index (χ2v) is 7.84. The normalized spacial score (nSPS) is 13.6. The van der Waals surface area contributed by atoms with Gasteiger partial charge in [0.1, 0.15) is 0 Å². The van der Waals surface area contributed by atoms with Gasteiger partial charge in [0.25, 0.3) is 11.8 Å². The molecule has 0 radical (unpaired) electrons. The van der Waals surface area contributed by atoms with E-state index >= 15 is 0 Å². The van der Waals surface area contributed by atoms with Crippen molar-refractivity contribution in [3.63, 3.8) is 0 Å². The smallest absolute Gasteiger partial charge is 0.339 e. The Morgan fingerprint density at radius 3 is 2.56 bits per heavy atom. The van der Waals surface area contributed by atoms with Crippen LogP contribution in [0, 0.1) is 0 Å². The zero-order valence-electron chi connectivity index (χ0n) is 18.1. The molecule has 1 aliphatic carbocycles. The van der Waals surface area contributed by atoms with Gasteiger partial charge in [0.2, 0.25) is 0 Å². The van der Waals surface area contributed by atoms with Gasteiger partial charge in [-0.3, -0.25) is 14.9 Å². The molecule has 2 heterocycles. The maximum absolute atomic E-state index is 13.1. The molecule has 4 aromatic rings. The van der Waals surface area contributed by atoms with Crippen LogP contribution < -0.4 is 5.32 Å². The topological polar surface area (TPSA) is 98.5 Å². The van der Waals surface area contributed by atoms with Crippen LogP contribution in [0.15, 0.2) is 77.4 Å². The van der Waals surface area contributed by atoms with Gasteiger partial charge in [-0.2, -0.15) is 0 Å². The number of pyridine rings is 1. The second-order valence-electron chi connectivity index (χ2n) is 7.84. The SMILES string of the molecule is O=C(COC(=O)c1c2c(nc3ccccc13)/C(=C/c1ccccc1)CC2)NC(=O)c1ccco1. The average Bonchev–Trinajstić information content (AvgIpc) is 3.53. The second kappa shape index (κ2) is 9.15. The first kappa shape index (κ1) is 21.3. The number of furan rings is 1. The highest BCUT2D eigenvalue weighted by atomic mass is 16.5. The van der Waals surface area contributed by atoms with Gasteiger partial charge in [-0.25, -0.2) is 9.78 Å². The minimum Gasteiger partial charge on any atom is -0.459 e. The van der Waals surface area contributed by atoms with Crippen LogP contribution in [0.3, 0.4) is 0 Å². The quantitative estimate of drug-likeness (QED) is 0.450. The van der Waals surface area contributed by atoms with Crippen molar-refractivity contribution in [3.05, 3.63) is 101 Å². The Kier molecular flexibility index (Phi) is 5.74. The predicted octanol–water partition coefficient (Wildman–Crippen LogP) is 4.43. The fourth-order valence-corrected chi connectivity index (χ4v) is 4.10. The Bertz CT molecular complexity index is 1420. The van der Waals surface area contributed by atoms with Gasteiger partial charge < -0.3 is 9.15 Å². The molecule has 2 aromatic heterocycles. The molecule has 5 rings (SSSR count). The molecule has 1 N–H and O–H groups in total. The number of nitrogens with zero attached hydrogens (tertiary/aromatic N) is 1. The van der Waals surface area contributed by atoms with Gasteiger partial charge in [-0.15, -0.1) is 0 Å². The summed E-state index contributed by atoms with van der Waals surface area (Å²) >= 11 is 0. The summed E-state index contributed by atoms with van der Waals surface area (Å²) in [5.41, 5.74) is 4.75. The van der Waals surface area contributed by atoms with Crippen molar-refractivity contribution in [2.75, 3.05) is 6.61 Å². The number of carbonyl (C=O) groups excluding carboxylic acids is 3. The van der Waals surface area contributed by atoms with Crippen molar-refractivity contribution < 1.29 is 23.5 Å². The lowest BCUT2D eigenvalue weighted by atomic mass is 10.0. The molecule has 0 aliphatic heterocycles. The van der Waals surface area contributed by atoms with E-state index in [4.69, 9.17) is 14.1 Å². The van der Waals surface area contributed by atoms with Crippen LogP contribution in [0.4, 0.5) is 0 Å². The number of amides is 2. The number of esters is 1. The van der Waals surface area contributed by atoms with Crippen LogP contribution >= 0.6 is 0 Å². The minimum absolute atomic E-state index is 0.00430. The number of aromatic nitrogens is 1. The summed E-state index contributed by atoms with van der Waals surface area (Å²) in [5, 5.41) is 2.81. The van der Waals surface area contributed by atoms with Crippen LogP contribution in [0.5, 0.6) is 0 Å². The molecule has 2 amide bonds. The maximum Gasteiger partial charge on any atom is 0.339 e. The van der Waals surface area contributed by atoms with Gasteiger partial charge in [-0.05, 0) is 53.8 Å². The number of fused-ring (bicyclic) bond motifs is 2. The van der Waals surface area contributed by atoms with Gasteiger partial charge in [0.05, 0.1) is 23.0 Å². The number of benzene rings is 2. The molecule has 2 aromatic carbocycles. The van der Waals surface area contributed by atoms with Crippen LogP contribution in [-0.2, 0) is 16.0 Å². The first-order chi connectivity index (χ1) is 16.6. The number of allylic oxidation sites excluding steroid dienone is 1. The van der Waals surface area contributed by atoms with Crippen molar-refractivity contribution in [2.24, 2.45) is 0 Å². The molecule has 7 nitrogen and oxygen atoms in total. The highest BCUT2D eigenvalue weighted by Gasteiger charge is 2.28. The van der Waals surface area contributed by atoms with Crippen LogP contribution in [0.25, 0.3) is 22.6 Å². The first-order valence-electron chi connectivity index (χ1n) is 10.8. The summed E-state index contributed by atoms with van der Waals surface area (Å²) in [6.07, 6.45) is 4.79.